The van der Waals surface area contributed by atoms with Gasteiger partial charge in [-0.15, -0.1) is 0 Å². The maximum absolute atomic E-state index is 12.0. The highest BCUT2D eigenvalue weighted by atomic mass is 16.3. The minimum Gasteiger partial charge on any atom is -0.506 e. The number of nitrogens with zero attached hydrogens (tertiary/aromatic N) is 3. The van der Waals surface area contributed by atoms with Crippen molar-refractivity contribution in [1.82, 2.24) is 9.13 Å². The Bertz CT molecular complexity index is 847. The molecule has 2 aromatic rings. The summed E-state index contributed by atoms with van der Waals surface area (Å²) in [5, 5.41) is 19.6. The van der Waals surface area contributed by atoms with Crippen LogP contribution in [0.25, 0.3) is 0 Å². The maximum atomic E-state index is 12.0. The Balaban J connectivity index is 2.57. The third-order valence-electron chi connectivity index (χ3n) is 3.13. The average Bonchev–Trinajstić information content (AvgIpc) is 2.45. The number of hydrogen-bond donors (Lipinski definition) is 2. The average molecular weight is 289 g/mol. The van der Waals surface area contributed by atoms with Crippen molar-refractivity contribution in [2.45, 2.75) is 6.92 Å². The van der Waals surface area contributed by atoms with Crippen LogP contribution < -0.4 is 11.2 Å². The second kappa shape index (κ2) is 5.28. The van der Waals surface area contributed by atoms with E-state index in [1.165, 1.54) is 20.2 Å². The lowest BCUT2D eigenvalue weighted by Crippen LogP contribution is -2.38. The van der Waals surface area contributed by atoms with Crippen LogP contribution in [0.3, 0.4) is 0 Å². The second-order valence-corrected chi connectivity index (χ2v) is 4.69. The summed E-state index contributed by atoms with van der Waals surface area (Å²) in [6, 6.07) is 4.88. The normalized spacial score (nSPS) is 11.2. The summed E-state index contributed by atoms with van der Waals surface area (Å²) in [7, 11) is 2.66. The predicted octanol–water partition coefficient (Wildman–Crippen LogP) is 0.554. The van der Waals surface area contributed by atoms with Crippen LogP contribution in [0.4, 0.5) is 5.69 Å². The molecule has 0 saturated heterocycles. The summed E-state index contributed by atoms with van der Waals surface area (Å²) in [4.78, 5) is 27.6. The largest absolute Gasteiger partial charge is 0.506 e. The molecule has 0 unspecified atom stereocenters. The van der Waals surface area contributed by atoms with E-state index < -0.39 is 17.1 Å². The quantitative estimate of drug-likeness (QED) is 0.789. The molecule has 0 aliphatic carbocycles. The molecule has 2 rings (SSSR count). The van der Waals surface area contributed by atoms with Gasteiger partial charge in [-0.05, 0) is 24.6 Å². The van der Waals surface area contributed by atoms with Crippen LogP contribution >= 0.6 is 0 Å². The molecule has 0 saturated carbocycles. The third kappa shape index (κ3) is 2.58. The zero-order valence-corrected chi connectivity index (χ0v) is 11.9. The highest BCUT2D eigenvalue weighted by Crippen LogP contribution is 2.26. The van der Waals surface area contributed by atoms with E-state index in [4.69, 9.17) is 0 Å². The number of benzene rings is 1. The zero-order chi connectivity index (χ0) is 15.7. The number of hydrogen-bond acceptors (Lipinski definition) is 5. The van der Waals surface area contributed by atoms with Crippen molar-refractivity contribution in [3.05, 3.63) is 50.2 Å². The van der Waals surface area contributed by atoms with Crippen LogP contribution in [0.2, 0.25) is 0 Å². The minimum absolute atomic E-state index is 0.0348. The van der Waals surface area contributed by atoms with Gasteiger partial charge in [-0.3, -0.25) is 18.9 Å². The van der Waals surface area contributed by atoms with Gasteiger partial charge in [0, 0.05) is 20.3 Å². The fraction of sp³-hybridized carbons (Fsp3) is 0.214. The molecule has 0 aliphatic heterocycles. The third-order valence-corrected chi connectivity index (χ3v) is 3.13. The van der Waals surface area contributed by atoms with Crippen LogP contribution in [0.5, 0.6) is 11.6 Å². The topological polar surface area (TPSA) is 96.8 Å². The highest BCUT2D eigenvalue weighted by molar-refractivity contribution is 5.84. The zero-order valence-electron chi connectivity index (χ0n) is 11.9. The molecule has 7 nitrogen and oxygen atoms in total. The van der Waals surface area contributed by atoms with Crippen molar-refractivity contribution in [1.29, 1.82) is 0 Å². The maximum Gasteiger partial charge on any atom is 0.333 e. The molecule has 0 aliphatic rings. The van der Waals surface area contributed by atoms with Gasteiger partial charge in [0.2, 0.25) is 5.88 Å². The first-order valence-electron chi connectivity index (χ1n) is 6.15. The SMILES string of the molecule is Cc1ccc(N=Cc2c(O)n(C)c(=O)n(C)c2=O)c(O)c1. The van der Waals surface area contributed by atoms with Gasteiger partial charge >= 0.3 is 5.69 Å². The lowest BCUT2D eigenvalue weighted by molar-refractivity contribution is 0.410. The predicted molar refractivity (Wildman–Crippen MR) is 78.7 cm³/mol. The van der Waals surface area contributed by atoms with Crippen molar-refractivity contribution in [3.8, 4) is 11.6 Å². The summed E-state index contributed by atoms with van der Waals surface area (Å²) in [6.45, 7) is 1.82. The van der Waals surface area contributed by atoms with Crippen molar-refractivity contribution in [2.75, 3.05) is 0 Å². The molecule has 0 fully saturated rings. The monoisotopic (exact) mass is 289 g/mol. The fourth-order valence-electron chi connectivity index (χ4n) is 1.85. The first kappa shape index (κ1) is 14.6. The number of aromatic hydroxyl groups is 2. The van der Waals surface area contributed by atoms with Gasteiger partial charge in [-0.1, -0.05) is 6.07 Å². The molecule has 0 spiro atoms. The van der Waals surface area contributed by atoms with E-state index >= 15 is 0 Å². The Labute approximate surface area is 120 Å². The van der Waals surface area contributed by atoms with Crippen LogP contribution in [0, 0.1) is 6.92 Å². The standard InChI is InChI=1S/C14H15N3O4/c1-8-4-5-10(11(18)6-8)15-7-9-12(19)16(2)14(21)17(3)13(9)20/h4-7,18-19H,1-3H3. The lowest BCUT2D eigenvalue weighted by Gasteiger charge is -2.07. The molecule has 110 valence electrons. The summed E-state index contributed by atoms with van der Waals surface area (Å²) in [5.74, 6) is -0.508. The first-order chi connectivity index (χ1) is 9.82. The van der Waals surface area contributed by atoms with E-state index in [1.807, 2.05) is 6.92 Å². The lowest BCUT2D eigenvalue weighted by atomic mass is 10.2. The van der Waals surface area contributed by atoms with Gasteiger partial charge in [0.15, 0.2) is 0 Å². The molecular weight excluding hydrogens is 274 g/mol. The second-order valence-electron chi connectivity index (χ2n) is 4.69. The van der Waals surface area contributed by atoms with Gasteiger partial charge in [0.05, 0.1) is 0 Å². The van der Waals surface area contributed by atoms with E-state index in [-0.39, 0.29) is 17.0 Å². The highest BCUT2D eigenvalue weighted by Gasteiger charge is 2.13. The molecule has 0 atom stereocenters. The van der Waals surface area contributed by atoms with Gasteiger partial charge in [0.25, 0.3) is 5.56 Å². The molecule has 2 N–H and O–H groups in total. The van der Waals surface area contributed by atoms with Gasteiger partial charge in [0.1, 0.15) is 17.0 Å². The minimum atomic E-state index is -0.661. The smallest absolute Gasteiger partial charge is 0.333 e. The molecule has 0 amide bonds. The molecule has 1 aromatic heterocycles. The summed E-state index contributed by atoms with van der Waals surface area (Å²) in [6.07, 6.45) is 1.13. The van der Waals surface area contributed by atoms with Crippen molar-refractivity contribution in [2.24, 2.45) is 19.1 Å². The van der Waals surface area contributed by atoms with Crippen molar-refractivity contribution < 1.29 is 10.2 Å². The Hall–Kier alpha value is -2.83. The Kier molecular flexibility index (Phi) is 3.66. The summed E-state index contributed by atoms with van der Waals surface area (Å²) < 4.78 is 1.81. The van der Waals surface area contributed by atoms with Crippen molar-refractivity contribution >= 4 is 11.9 Å². The van der Waals surface area contributed by atoms with Gasteiger partial charge < -0.3 is 10.2 Å². The van der Waals surface area contributed by atoms with Crippen LogP contribution in [0.1, 0.15) is 11.1 Å². The fourth-order valence-corrected chi connectivity index (χ4v) is 1.85. The molecule has 0 bridgehead atoms. The number of aryl methyl sites for hydroxylation is 1. The van der Waals surface area contributed by atoms with E-state index in [0.29, 0.717) is 0 Å². The number of aromatic nitrogens is 2. The molecule has 0 radical (unpaired) electrons. The van der Waals surface area contributed by atoms with Gasteiger partial charge in [-0.2, -0.15) is 0 Å². The number of rotatable bonds is 2. The van der Waals surface area contributed by atoms with E-state index in [0.717, 1.165) is 20.9 Å². The molecule has 1 heterocycles. The molecule has 7 heteroatoms. The summed E-state index contributed by atoms with van der Waals surface area (Å²) in [5.41, 5.74) is -0.290. The van der Waals surface area contributed by atoms with Crippen LogP contribution in [-0.4, -0.2) is 25.6 Å². The van der Waals surface area contributed by atoms with Crippen molar-refractivity contribution in [3.63, 3.8) is 0 Å². The van der Waals surface area contributed by atoms with Gasteiger partial charge in [-0.25, -0.2) is 4.79 Å². The van der Waals surface area contributed by atoms with Crippen LogP contribution in [-0.2, 0) is 14.1 Å². The first-order valence-corrected chi connectivity index (χ1v) is 6.15. The van der Waals surface area contributed by atoms with E-state index in [1.54, 1.807) is 12.1 Å². The molecule has 1 aromatic carbocycles. The number of aliphatic imine (C=N–C) groups is 1. The number of phenolic OH excluding ortho intramolecular Hbond substituents is 1. The van der Waals surface area contributed by atoms with E-state index in [2.05, 4.69) is 4.99 Å². The number of phenols is 1. The molecular formula is C14H15N3O4. The Morgan fingerprint density at radius 1 is 1.14 bits per heavy atom. The Morgan fingerprint density at radius 2 is 1.81 bits per heavy atom. The molecule has 21 heavy (non-hydrogen) atoms. The summed E-state index contributed by atoms with van der Waals surface area (Å²) >= 11 is 0. The van der Waals surface area contributed by atoms with E-state index in [9.17, 15) is 19.8 Å². The Morgan fingerprint density at radius 3 is 2.43 bits per heavy atom. The van der Waals surface area contributed by atoms with Crippen LogP contribution in [0.15, 0.2) is 32.8 Å².